The standard InChI is InChI=1S/C14H30N2O3Si/c1-20(2,3)19-13(10-16-14(17)18)12(15)9-11-7-5-4-6-8-11/h11-13,16H,4-10,15H2,1-3H3,(H,17,18)/t12-,13-/m0/s1. The number of rotatable bonds is 7. The van der Waals surface area contributed by atoms with E-state index in [2.05, 4.69) is 25.0 Å². The van der Waals surface area contributed by atoms with Gasteiger partial charge in [-0.2, -0.15) is 0 Å². The van der Waals surface area contributed by atoms with Gasteiger partial charge in [-0.15, -0.1) is 0 Å². The van der Waals surface area contributed by atoms with E-state index in [9.17, 15) is 4.79 Å². The monoisotopic (exact) mass is 302 g/mol. The lowest BCUT2D eigenvalue weighted by Crippen LogP contribution is -2.50. The highest BCUT2D eigenvalue weighted by Crippen LogP contribution is 2.28. The van der Waals surface area contributed by atoms with E-state index in [1.54, 1.807) is 0 Å². The molecule has 118 valence electrons. The van der Waals surface area contributed by atoms with Crippen molar-refractivity contribution in [3.63, 3.8) is 0 Å². The number of amides is 1. The van der Waals surface area contributed by atoms with Crippen LogP contribution in [0.2, 0.25) is 19.6 Å². The number of hydrogen-bond acceptors (Lipinski definition) is 3. The second-order valence-electron chi connectivity index (χ2n) is 6.86. The maximum absolute atomic E-state index is 10.7. The van der Waals surface area contributed by atoms with E-state index in [0.717, 1.165) is 6.42 Å². The molecule has 0 aromatic carbocycles. The van der Waals surface area contributed by atoms with Crippen LogP contribution >= 0.6 is 0 Å². The molecule has 20 heavy (non-hydrogen) atoms. The maximum atomic E-state index is 10.7. The summed E-state index contributed by atoms with van der Waals surface area (Å²) in [5, 5.41) is 11.2. The number of nitrogens with two attached hydrogens (primary N) is 1. The van der Waals surface area contributed by atoms with Crippen LogP contribution in [-0.2, 0) is 4.43 Å². The number of hydrogen-bond donors (Lipinski definition) is 3. The quantitative estimate of drug-likeness (QED) is 0.631. The van der Waals surface area contributed by atoms with Crippen LogP contribution in [0.15, 0.2) is 0 Å². The first-order valence-electron chi connectivity index (χ1n) is 7.68. The summed E-state index contributed by atoms with van der Waals surface area (Å²) in [5.74, 6) is 0.677. The number of carboxylic acid groups (broad SMARTS) is 1. The third kappa shape index (κ3) is 7.26. The molecule has 0 saturated heterocycles. The molecule has 0 unspecified atom stereocenters. The fourth-order valence-electron chi connectivity index (χ4n) is 2.88. The smallest absolute Gasteiger partial charge is 0.404 e. The molecule has 0 bridgehead atoms. The highest BCUT2D eigenvalue weighted by molar-refractivity contribution is 6.69. The van der Waals surface area contributed by atoms with Crippen molar-refractivity contribution in [1.29, 1.82) is 0 Å². The lowest BCUT2D eigenvalue weighted by molar-refractivity contribution is 0.135. The Morgan fingerprint density at radius 1 is 1.35 bits per heavy atom. The Labute approximate surface area is 123 Å². The van der Waals surface area contributed by atoms with Crippen molar-refractivity contribution < 1.29 is 14.3 Å². The largest absolute Gasteiger partial charge is 0.465 e. The van der Waals surface area contributed by atoms with Gasteiger partial charge in [-0.25, -0.2) is 4.79 Å². The third-order valence-electron chi connectivity index (χ3n) is 3.77. The Kier molecular flexibility index (Phi) is 6.98. The molecular weight excluding hydrogens is 272 g/mol. The average Bonchev–Trinajstić information content (AvgIpc) is 2.34. The Bertz CT molecular complexity index is 301. The Hall–Kier alpha value is -0.593. The summed E-state index contributed by atoms with van der Waals surface area (Å²) in [5.41, 5.74) is 6.31. The van der Waals surface area contributed by atoms with Crippen LogP contribution in [-0.4, -0.2) is 38.2 Å². The maximum Gasteiger partial charge on any atom is 0.404 e. The molecule has 1 aliphatic rings. The predicted octanol–water partition coefficient (Wildman–Crippen LogP) is 2.77. The van der Waals surface area contributed by atoms with Crippen LogP contribution in [0, 0.1) is 5.92 Å². The second-order valence-corrected chi connectivity index (χ2v) is 11.3. The Balaban J connectivity index is 2.52. The van der Waals surface area contributed by atoms with Crippen molar-refractivity contribution >= 4 is 14.4 Å². The van der Waals surface area contributed by atoms with E-state index < -0.39 is 14.4 Å². The van der Waals surface area contributed by atoms with Crippen molar-refractivity contribution in [1.82, 2.24) is 5.32 Å². The van der Waals surface area contributed by atoms with Crippen molar-refractivity contribution in [2.45, 2.75) is 70.3 Å². The fraction of sp³-hybridized carbons (Fsp3) is 0.929. The lowest BCUT2D eigenvalue weighted by Gasteiger charge is -2.33. The van der Waals surface area contributed by atoms with Crippen LogP contribution in [0.3, 0.4) is 0 Å². The first kappa shape index (κ1) is 17.5. The van der Waals surface area contributed by atoms with Crippen LogP contribution in [0.1, 0.15) is 38.5 Å². The minimum atomic E-state index is -1.73. The van der Waals surface area contributed by atoms with Crippen molar-refractivity contribution in [2.24, 2.45) is 11.7 Å². The molecule has 0 spiro atoms. The van der Waals surface area contributed by atoms with E-state index in [1.807, 2.05) is 0 Å². The van der Waals surface area contributed by atoms with Crippen LogP contribution in [0.4, 0.5) is 4.79 Å². The molecule has 0 heterocycles. The Morgan fingerprint density at radius 3 is 2.45 bits per heavy atom. The molecule has 1 saturated carbocycles. The third-order valence-corrected chi connectivity index (χ3v) is 4.78. The van der Waals surface area contributed by atoms with Gasteiger partial charge in [0.05, 0.1) is 6.10 Å². The van der Waals surface area contributed by atoms with Crippen molar-refractivity contribution in [3.8, 4) is 0 Å². The summed E-state index contributed by atoms with van der Waals surface area (Å²) in [6.07, 6.45) is 6.14. The van der Waals surface area contributed by atoms with Crippen molar-refractivity contribution in [3.05, 3.63) is 0 Å². The molecule has 0 aliphatic heterocycles. The SMILES string of the molecule is C[Si](C)(C)O[C@@H](CNC(=O)O)[C@@H](N)CC1CCCCC1. The van der Waals surface area contributed by atoms with E-state index in [4.69, 9.17) is 15.3 Å². The number of carbonyl (C=O) groups is 1. The zero-order valence-corrected chi connectivity index (χ0v) is 14.0. The van der Waals surface area contributed by atoms with Crippen LogP contribution in [0.5, 0.6) is 0 Å². The highest BCUT2D eigenvalue weighted by atomic mass is 28.4. The molecule has 1 fully saturated rings. The molecule has 6 heteroatoms. The molecule has 0 aromatic rings. The predicted molar refractivity (Wildman–Crippen MR) is 83.4 cm³/mol. The topological polar surface area (TPSA) is 84.6 Å². The zero-order chi connectivity index (χ0) is 15.2. The van der Waals surface area contributed by atoms with E-state index in [0.29, 0.717) is 5.92 Å². The average molecular weight is 302 g/mol. The zero-order valence-electron chi connectivity index (χ0n) is 13.0. The first-order valence-corrected chi connectivity index (χ1v) is 11.1. The molecular formula is C14H30N2O3Si. The van der Waals surface area contributed by atoms with Gasteiger partial charge in [0.1, 0.15) is 0 Å². The summed E-state index contributed by atoms with van der Waals surface area (Å²) in [6, 6.07) is -0.0864. The second kappa shape index (κ2) is 8.00. The minimum Gasteiger partial charge on any atom is -0.465 e. The normalized spacial score (nSPS) is 20.4. The summed E-state index contributed by atoms with van der Waals surface area (Å²) >= 11 is 0. The molecule has 1 rings (SSSR count). The fourth-order valence-corrected chi connectivity index (χ4v) is 4.05. The highest BCUT2D eigenvalue weighted by Gasteiger charge is 2.28. The van der Waals surface area contributed by atoms with Crippen LogP contribution < -0.4 is 11.1 Å². The van der Waals surface area contributed by atoms with Gasteiger partial charge in [0.2, 0.25) is 0 Å². The molecule has 2 atom stereocenters. The number of nitrogens with one attached hydrogen (secondary N) is 1. The van der Waals surface area contributed by atoms with Gasteiger partial charge in [-0.05, 0) is 32.0 Å². The molecule has 1 aliphatic carbocycles. The molecule has 0 aromatic heterocycles. The summed E-state index contributed by atoms with van der Waals surface area (Å²) in [6.45, 7) is 6.60. The molecule has 1 amide bonds. The summed E-state index contributed by atoms with van der Waals surface area (Å²) in [4.78, 5) is 10.7. The van der Waals surface area contributed by atoms with Gasteiger partial charge in [0.15, 0.2) is 8.32 Å². The van der Waals surface area contributed by atoms with Crippen molar-refractivity contribution in [2.75, 3.05) is 6.54 Å². The van der Waals surface area contributed by atoms with Gasteiger partial charge in [0, 0.05) is 12.6 Å². The van der Waals surface area contributed by atoms with Gasteiger partial charge in [0.25, 0.3) is 0 Å². The minimum absolute atomic E-state index is 0.0864. The molecule has 0 radical (unpaired) electrons. The summed E-state index contributed by atoms with van der Waals surface area (Å²) < 4.78 is 6.08. The van der Waals surface area contributed by atoms with Gasteiger partial charge in [-0.1, -0.05) is 32.1 Å². The van der Waals surface area contributed by atoms with Crippen LogP contribution in [0.25, 0.3) is 0 Å². The van der Waals surface area contributed by atoms with Gasteiger partial charge < -0.3 is 20.6 Å². The van der Waals surface area contributed by atoms with Gasteiger partial charge >= 0.3 is 6.09 Å². The molecule has 5 nitrogen and oxygen atoms in total. The van der Waals surface area contributed by atoms with E-state index in [1.165, 1.54) is 32.1 Å². The lowest BCUT2D eigenvalue weighted by atomic mass is 9.84. The first-order chi connectivity index (χ1) is 9.28. The summed E-state index contributed by atoms with van der Waals surface area (Å²) in [7, 11) is -1.73. The molecule has 4 N–H and O–H groups in total. The van der Waals surface area contributed by atoms with E-state index in [-0.39, 0.29) is 18.7 Å². The van der Waals surface area contributed by atoms with E-state index >= 15 is 0 Å². The van der Waals surface area contributed by atoms with Gasteiger partial charge in [-0.3, -0.25) is 0 Å². The Morgan fingerprint density at radius 2 is 1.95 bits per heavy atom.